The largest absolute Gasteiger partial charge is 0.339 e. The van der Waals surface area contributed by atoms with E-state index in [9.17, 15) is 9.59 Å². The quantitative estimate of drug-likeness (QED) is 0.614. The molecule has 3 heterocycles. The van der Waals surface area contributed by atoms with Crippen LogP contribution in [0, 0.1) is 13.8 Å². The van der Waals surface area contributed by atoms with Crippen LogP contribution >= 0.6 is 23.1 Å². The average molecular weight is 457 g/mol. The van der Waals surface area contributed by atoms with Gasteiger partial charge < -0.3 is 9.88 Å². The van der Waals surface area contributed by atoms with Crippen molar-refractivity contribution in [1.82, 2.24) is 19.8 Å². The summed E-state index contributed by atoms with van der Waals surface area (Å²) in [7, 11) is 0. The predicted molar refractivity (Wildman–Crippen MR) is 129 cm³/mol. The summed E-state index contributed by atoms with van der Waals surface area (Å²) >= 11 is 3.08. The molecule has 1 saturated heterocycles. The van der Waals surface area contributed by atoms with Gasteiger partial charge in [0.15, 0.2) is 0 Å². The van der Waals surface area contributed by atoms with Gasteiger partial charge in [-0.05, 0) is 31.9 Å². The highest BCUT2D eigenvalue weighted by Crippen LogP contribution is 2.26. The van der Waals surface area contributed by atoms with Gasteiger partial charge in [-0.2, -0.15) is 0 Å². The number of aromatic nitrogens is 2. The van der Waals surface area contributed by atoms with Crippen LogP contribution in [-0.4, -0.2) is 57.1 Å². The molecule has 6 nitrogen and oxygen atoms in total. The number of piperazine rings is 1. The van der Waals surface area contributed by atoms with E-state index in [1.165, 1.54) is 17.3 Å². The topological polar surface area (TPSA) is 69.3 Å². The van der Waals surface area contributed by atoms with Crippen molar-refractivity contribution < 1.29 is 4.79 Å². The summed E-state index contributed by atoms with van der Waals surface area (Å²) in [5, 5.41) is 0.516. The molecule has 2 aromatic heterocycles. The first-order valence-corrected chi connectivity index (χ1v) is 12.4. The van der Waals surface area contributed by atoms with Crippen LogP contribution in [-0.2, 0) is 17.1 Å². The summed E-state index contributed by atoms with van der Waals surface area (Å²) in [5.74, 6) is 1.31. The molecule has 1 atom stereocenters. The third kappa shape index (κ3) is 5.02. The number of amides is 1. The van der Waals surface area contributed by atoms with Crippen LogP contribution in [0.5, 0.6) is 0 Å². The van der Waals surface area contributed by atoms with Gasteiger partial charge in [-0.3, -0.25) is 14.5 Å². The van der Waals surface area contributed by atoms with Crippen molar-refractivity contribution >= 4 is 39.2 Å². The normalized spacial score (nSPS) is 16.0. The number of hydrogen-bond acceptors (Lipinski definition) is 6. The molecule has 3 aromatic rings. The zero-order chi connectivity index (χ0) is 22.0. The van der Waals surface area contributed by atoms with E-state index in [0.717, 1.165) is 48.0 Å². The lowest BCUT2D eigenvalue weighted by Gasteiger charge is -2.35. The number of thioether (sulfide) groups is 1. The Morgan fingerprint density at radius 3 is 2.61 bits per heavy atom. The highest BCUT2D eigenvalue weighted by atomic mass is 32.2. The Hall–Kier alpha value is -2.16. The van der Waals surface area contributed by atoms with Gasteiger partial charge in [-0.15, -0.1) is 23.1 Å². The van der Waals surface area contributed by atoms with E-state index in [-0.39, 0.29) is 16.7 Å². The molecule has 1 fully saturated rings. The number of nitrogens with zero attached hydrogens (tertiary/aromatic N) is 3. The molecule has 1 aromatic carbocycles. The molecule has 1 aliphatic rings. The van der Waals surface area contributed by atoms with Gasteiger partial charge in [0.25, 0.3) is 5.56 Å². The van der Waals surface area contributed by atoms with E-state index in [4.69, 9.17) is 0 Å². The number of rotatable bonds is 6. The minimum atomic E-state index is -0.173. The Labute approximate surface area is 190 Å². The van der Waals surface area contributed by atoms with Crippen molar-refractivity contribution in [3.05, 3.63) is 62.5 Å². The van der Waals surface area contributed by atoms with Crippen molar-refractivity contribution in [1.29, 1.82) is 0 Å². The molecule has 0 spiro atoms. The molecule has 31 heavy (non-hydrogen) atoms. The lowest BCUT2D eigenvalue weighted by molar-refractivity contribution is -0.132. The molecule has 0 saturated carbocycles. The van der Waals surface area contributed by atoms with Crippen molar-refractivity contribution in [3.8, 4) is 0 Å². The van der Waals surface area contributed by atoms with Crippen LogP contribution in [0.1, 0.15) is 28.8 Å². The van der Waals surface area contributed by atoms with Crippen molar-refractivity contribution in [2.24, 2.45) is 0 Å². The highest BCUT2D eigenvalue weighted by molar-refractivity contribution is 7.99. The molecular weight excluding hydrogens is 428 g/mol. The molecule has 4 rings (SSSR count). The van der Waals surface area contributed by atoms with Gasteiger partial charge >= 0.3 is 0 Å². The van der Waals surface area contributed by atoms with E-state index in [1.807, 2.05) is 31.7 Å². The zero-order valence-corrected chi connectivity index (χ0v) is 19.8. The van der Waals surface area contributed by atoms with Crippen LogP contribution < -0.4 is 5.56 Å². The maximum Gasteiger partial charge on any atom is 0.259 e. The lowest BCUT2D eigenvalue weighted by Crippen LogP contribution is -2.50. The predicted octanol–water partition coefficient (Wildman–Crippen LogP) is 3.57. The van der Waals surface area contributed by atoms with Crippen LogP contribution in [0.4, 0.5) is 0 Å². The Bertz CT molecular complexity index is 1120. The van der Waals surface area contributed by atoms with Crippen molar-refractivity contribution in [3.63, 3.8) is 0 Å². The molecule has 0 aliphatic carbocycles. The van der Waals surface area contributed by atoms with E-state index in [0.29, 0.717) is 17.0 Å². The molecule has 0 bridgehead atoms. The molecule has 1 amide bonds. The molecule has 1 unspecified atom stereocenters. The summed E-state index contributed by atoms with van der Waals surface area (Å²) in [6.45, 7) is 10.1. The number of carbonyl (C=O) groups is 1. The van der Waals surface area contributed by atoms with Gasteiger partial charge in [-0.1, -0.05) is 30.3 Å². The number of H-pyrrole nitrogens is 1. The van der Waals surface area contributed by atoms with Crippen LogP contribution in [0.3, 0.4) is 0 Å². The number of aromatic amines is 1. The van der Waals surface area contributed by atoms with Gasteiger partial charge in [0, 0.05) is 37.6 Å². The summed E-state index contributed by atoms with van der Waals surface area (Å²) in [5.41, 5.74) is 2.22. The zero-order valence-electron chi connectivity index (χ0n) is 18.2. The number of thiophene rings is 1. The SMILES string of the molecule is Cc1sc2nc(CSC(C)C(=O)N3CCN(Cc4ccccc4)CC3)[nH]c(=O)c2c1C. The third-order valence-electron chi connectivity index (χ3n) is 5.84. The van der Waals surface area contributed by atoms with Crippen LogP contribution in [0.25, 0.3) is 10.2 Å². The first-order chi connectivity index (χ1) is 14.9. The minimum absolute atomic E-state index is 0.0871. The minimum Gasteiger partial charge on any atom is -0.339 e. The number of fused-ring (bicyclic) bond motifs is 1. The maximum atomic E-state index is 12.9. The number of carbonyl (C=O) groups excluding carboxylic acids is 1. The smallest absolute Gasteiger partial charge is 0.259 e. The fourth-order valence-electron chi connectivity index (χ4n) is 3.87. The first-order valence-electron chi connectivity index (χ1n) is 10.6. The second kappa shape index (κ2) is 9.54. The molecule has 8 heteroatoms. The van der Waals surface area contributed by atoms with Gasteiger partial charge in [0.2, 0.25) is 5.91 Å². The van der Waals surface area contributed by atoms with Crippen LogP contribution in [0.15, 0.2) is 35.1 Å². The first kappa shape index (κ1) is 22.0. The Morgan fingerprint density at radius 1 is 1.19 bits per heavy atom. The van der Waals surface area contributed by atoms with Gasteiger partial charge in [0.05, 0.1) is 16.4 Å². The lowest BCUT2D eigenvalue weighted by atomic mass is 10.2. The highest BCUT2D eigenvalue weighted by Gasteiger charge is 2.25. The van der Waals surface area contributed by atoms with Crippen LogP contribution in [0.2, 0.25) is 0 Å². The summed E-state index contributed by atoms with van der Waals surface area (Å²) < 4.78 is 0. The Kier molecular flexibility index (Phi) is 6.79. The fraction of sp³-hybridized carbons (Fsp3) is 0.435. The van der Waals surface area contributed by atoms with E-state index in [1.54, 1.807) is 11.3 Å². The number of aryl methyl sites for hydroxylation is 2. The number of hydrogen-bond donors (Lipinski definition) is 1. The van der Waals surface area contributed by atoms with Gasteiger partial charge in [-0.25, -0.2) is 4.98 Å². The second-order valence-electron chi connectivity index (χ2n) is 8.02. The molecular formula is C23H28N4O2S2. The van der Waals surface area contributed by atoms with E-state index >= 15 is 0 Å². The van der Waals surface area contributed by atoms with Crippen molar-refractivity contribution in [2.45, 2.75) is 38.3 Å². The number of benzene rings is 1. The van der Waals surface area contributed by atoms with E-state index < -0.39 is 0 Å². The molecule has 164 valence electrons. The Morgan fingerprint density at radius 2 is 1.90 bits per heavy atom. The third-order valence-corrected chi connectivity index (χ3v) is 8.08. The summed E-state index contributed by atoms with van der Waals surface area (Å²) in [6.07, 6.45) is 0. The standard InChI is InChI=1S/C23H28N4O2S2/c1-15-16(2)31-22-20(15)21(28)24-19(25-22)14-30-17(3)23(29)27-11-9-26(10-12-27)13-18-7-5-4-6-8-18/h4-8,17H,9-14H2,1-3H3,(H,24,25,28). The molecule has 1 N–H and O–H groups in total. The van der Waals surface area contributed by atoms with Crippen molar-refractivity contribution in [2.75, 3.05) is 26.2 Å². The Balaban J connectivity index is 1.30. The summed E-state index contributed by atoms with van der Waals surface area (Å²) in [6, 6.07) is 10.4. The second-order valence-corrected chi connectivity index (χ2v) is 10.5. The summed E-state index contributed by atoms with van der Waals surface area (Å²) in [4.78, 5) is 39.1. The molecule has 0 radical (unpaired) electrons. The average Bonchev–Trinajstić information content (AvgIpc) is 3.06. The maximum absolute atomic E-state index is 12.9. The van der Waals surface area contributed by atoms with Gasteiger partial charge in [0.1, 0.15) is 10.7 Å². The molecule has 1 aliphatic heterocycles. The number of nitrogens with one attached hydrogen (secondary N) is 1. The fourth-order valence-corrected chi connectivity index (χ4v) is 5.75. The van der Waals surface area contributed by atoms with E-state index in [2.05, 4.69) is 39.1 Å². The monoisotopic (exact) mass is 456 g/mol.